The van der Waals surface area contributed by atoms with Gasteiger partial charge in [-0.05, 0) is 31.1 Å². The lowest BCUT2D eigenvalue weighted by Gasteiger charge is -2.18. The van der Waals surface area contributed by atoms with Gasteiger partial charge in [-0.25, -0.2) is 0 Å². The summed E-state index contributed by atoms with van der Waals surface area (Å²) in [6, 6.07) is 0. The molecule has 2 atom stereocenters. The van der Waals surface area contributed by atoms with E-state index in [0.29, 0.717) is 19.3 Å². The third kappa shape index (κ3) is 42.0. The highest BCUT2D eigenvalue weighted by Crippen LogP contribution is 2.17. The number of esters is 3. The fourth-order valence-corrected chi connectivity index (χ4v) is 7.43. The summed E-state index contributed by atoms with van der Waals surface area (Å²) in [7, 11) is 0. The molecule has 0 radical (unpaired) electrons. The van der Waals surface area contributed by atoms with Crippen molar-refractivity contribution in [1.82, 2.24) is 0 Å². The van der Waals surface area contributed by atoms with Gasteiger partial charge in [0.2, 0.25) is 0 Å². The summed E-state index contributed by atoms with van der Waals surface area (Å²) in [4.78, 5) is 37.8. The van der Waals surface area contributed by atoms with Crippen molar-refractivity contribution in [3.8, 4) is 0 Å². The molecular weight excluding hydrogens is 697 g/mol. The lowest BCUT2D eigenvalue weighted by atomic mass is 9.99. The molecule has 0 saturated heterocycles. The molecule has 0 spiro atoms. The van der Waals surface area contributed by atoms with Gasteiger partial charge in [-0.2, -0.15) is 0 Å². The summed E-state index contributed by atoms with van der Waals surface area (Å²) < 4.78 is 16.8. The smallest absolute Gasteiger partial charge is 0.306 e. The van der Waals surface area contributed by atoms with Crippen LogP contribution in [0.3, 0.4) is 0 Å². The lowest BCUT2D eigenvalue weighted by Crippen LogP contribution is -2.30. The Morgan fingerprint density at radius 1 is 0.375 bits per heavy atom. The Bertz CT molecular complexity index is 856. The van der Waals surface area contributed by atoms with Crippen molar-refractivity contribution >= 4 is 17.9 Å². The predicted molar refractivity (Wildman–Crippen MR) is 238 cm³/mol. The molecule has 56 heavy (non-hydrogen) atoms. The van der Waals surface area contributed by atoms with Crippen LogP contribution in [-0.4, -0.2) is 37.2 Å². The molecule has 0 N–H and O–H groups in total. The zero-order valence-corrected chi connectivity index (χ0v) is 38.3. The van der Waals surface area contributed by atoms with Gasteiger partial charge in [-0.3, -0.25) is 14.4 Å². The van der Waals surface area contributed by atoms with Crippen LogP contribution in [0.1, 0.15) is 272 Å². The third-order valence-electron chi connectivity index (χ3n) is 11.6. The number of hydrogen-bond acceptors (Lipinski definition) is 6. The molecule has 6 nitrogen and oxygen atoms in total. The van der Waals surface area contributed by atoms with Crippen LogP contribution in [0.4, 0.5) is 0 Å². The number of ether oxygens (including phenoxy) is 3. The Hall–Kier alpha value is -1.59. The zero-order valence-electron chi connectivity index (χ0n) is 38.3. The summed E-state index contributed by atoms with van der Waals surface area (Å²) >= 11 is 0. The largest absolute Gasteiger partial charge is 0.462 e. The number of rotatable bonds is 44. The first-order valence-corrected chi connectivity index (χ1v) is 24.8. The van der Waals surface area contributed by atoms with Crippen molar-refractivity contribution in [3.63, 3.8) is 0 Å². The first kappa shape index (κ1) is 54.4. The summed E-state index contributed by atoms with van der Waals surface area (Å²) in [5, 5.41) is 0. The number of unbranched alkanes of at least 4 members (excludes halogenated alkanes) is 28. The molecule has 0 aliphatic carbocycles. The highest BCUT2D eigenvalue weighted by molar-refractivity contribution is 5.71. The maximum absolute atomic E-state index is 12.8. The van der Waals surface area contributed by atoms with Crippen LogP contribution in [0, 0.1) is 11.8 Å². The fraction of sp³-hybridized carbons (Fsp3) is 0.940. The van der Waals surface area contributed by atoms with E-state index in [2.05, 4.69) is 34.6 Å². The molecule has 0 aliphatic heterocycles. The van der Waals surface area contributed by atoms with Crippen LogP contribution in [0.5, 0.6) is 0 Å². The first-order chi connectivity index (χ1) is 27.3. The van der Waals surface area contributed by atoms with Crippen LogP contribution in [0.25, 0.3) is 0 Å². The topological polar surface area (TPSA) is 78.9 Å². The van der Waals surface area contributed by atoms with Gasteiger partial charge < -0.3 is 14.2 Å². The minimum atomic E-state index is -0.761. The molecule has 0 aromatic rings. The minimum Gasteiger partial charge on any atom is -0.462 e. The van der Waals surface area contributed by atoms with Gasteiger partial charge in [0.15, 0.2) is 6.10 Å². The van der Waals surface area contributed by atoms with E-state index in [4.69, 9.17) is 14.2 Å². The summed E-state index contributed by atoms with van der Waals surface area (Å²) in [5.74, 6) is 0.832. The van der Waals surface area contributed by atoms with E-state index in [1.165, 1.54) is 161 Å². The summed E-state index contributed by atoms with van der Waals surface area (Å²) in [6.07, 6.45) is 42.2. The van der Waals surface area contributed by atoms with E-state index in [-0.39, 0.29) is 31.1 Å². The molecule has 1 unspecified atom stereocenters. The summed E-state index contributed by atoms with van der Waals surface area (Å²) in [6.45, 7) is 11.4. The van der Waals surface area contributed by atoms with Gasteiger partial charge in [-0.1, -0.05) is 234 Å². The SMILES string of the molecule is CCCCCCCCCCCCC(=O)OC[C@@H](COC(=O)CCCCCCCCCCC(C)CC)OC(=O)CCCCCCCCCCCCCCCC(C)C. The zero-order chi connectivity index (χ0) is 41.2. The van der Waals surface area contributed by atoms with E-state index in [0.717, 1.165) is 69.6 Å². The lowest BCUT2D eigenvalue weighted by molar-refractivity contribution is -0.167. The van der Waals surface area contributed by atoms with Gasteiger partial charge in [0.05, 0.1) is 0 Å². The van der Waals surface area contributed by atoms with Gasteiger partial charge in [-0.15, -0.1) is 0 Å². The van der Waals surface area contributed by atoms with Crippen LogP contribution in [0.15, 0.2) is 0 Å². The van der Waals surface area contributed by atoms with Crippen LogP contribution in [-0.2, 0) is 28.6 Å². The average Bonchev–Trinajstić information content (AvgIpc) is 3.18. The van der Waals surface area contributed by atoms with Crippen molar-refractivity contribution in [1.29, 1.82) is 0 Å². The van der Waals surface area contributed by atoms with Crippen molar-refractivity contribution in [2.45, 2.75) is 278 Å². The third-order valence-corrected chi connectivity index (χ3v) is 11.6. The Labute approximate surface area is 348 Å². The molecular formula is C50H96O6. The monoisotopic (exact) mass is 793 g/mol. The van der Waals surface area contributed by atoms with E-state index >= 15 is 0 Å². The molecule has 6 heteroatoms. The molecule has 0 bridgehead atoms. The normalized spacial score (nSPS) is 12.5. The molecule has 332 valence electrons. The average molecular weight is 793 g/mol. The van der Waals surface area contributed by atoms with Crippen molar-refractivity contribution in [3.05, 3.63) is 0 Å². The fourth-order valence-electron chi connectivity index (χ4n) is 7.43. The minimum absolute atomic E-state index is 0.0644. The molecule has 0 heterocycles. The van der Waals surface area contributed by atoms with Crippen molar-refractivity contribution in [2.75, 3.05) is 13.2 Å². The standard InChI is InChI=1S/C50H96O6/c1-6-8-9-10-11-12-19-25-30-35-40-48(51)54-43-47(44-55-49(52)41-36-31-26-22-21-24-29-34-39-46(5)7-2)56-50(53)42-37-32-27-20-17-15-13-14-16-18-23-28-33-38-45(3)4/h45-47H,6-44H2,1-5H3/t46?,47-/m0/s1. The Morgan fingerprint density at radius 2 is 0.679 bits per heavy atom. The number of carbonyl (C=O) groups is 3. The molecule has 0 amide bonds. The first-order valence-electron chi connectivity index (χ1n) is 24.8. The highest BCUT2D eigenvalue weighted by Gasteiger charge is 2.19. The molecule has 0 aliphatic rings. The Kier molecular flexibility index (Phi) is 41.8. The van der Waals surface area contributed by atoms with Crippen LogP contribution < -0.4 is 0 Å². The van der Waals surface area contributed by atoms with Gasteiger partial charge in [0.25, 0.3) is 0 Å². The van der Waals surface area contributed by atoms with Crippen molar-refractivity contribution < 1.29 is 28.6 Å². The summed E-state index contributed by atoms with van der Waals surface area (Å²) in [5.41, 5.74) is 0. The Balaban J connectivity index is 4.31. The number of hydrogen-bond donors (Lipinski definition) is 0. The van der Waals surface area contributed by atoms with E-state index < -0.39 is 6.10 Å². The highest BCUT2D eigenvalue weighted by atomic mass is 16.6. The van der Waals surface area contributed by atoms with Crippen LogP contribution >= 0.6 is 0 Å². The van der Waals surface area contributed by atoms with Gasteiger partial charge >= 0.3 is 17.9 Å². The van der Waals surface area contributed by atoms with Gasteiger partial charge in [0.1, 0.15) is 13.2 Å². The second kappa shape index (κ2) is 43.0. The van der Waals surface area contributed by atoms with E-state index in [1.54, 1.807) is 0 Å². The Morgan fingerprint density at radius 3 is 1.02 bits per heavy atom. The van der Waals surface area contributed by atoms with E-state index in [1.807, 2.05) is 0 Å². The van der Waals surface area contributed by atoms with Crippen LogP contribution in [0.2, 0.25) is 0 Å². The molecule has 0 aromatic carbocycles. The van der Waals surface area contributed by atoms with Crippen molar-refractivity contribution in [2.24, 2.45) is 11.8 Å². The number of carbonyl (C=O) groups excluding carboxylic acids is 3. The second-order valence-electron chi connectivity index (χ2n) is 17.8. The van der Waals surface area contributed by atoms with E-state index in [9.17, 15) is 14.4 Å². The maximum atomic E-state index is 12.8. The predicted octanol–water partition coefficient (Wildman–Crippen LogP) is 15.8. The molecule has 0 rings (SSSR count). The maximum Gasteiger partial charge on any atom is 0.306 e. The molecule has 0 aromatic heterocycles. The quantitative estimate of drug-likeness (QED) is 0.0347. The molecule has 0 fully saturated rings. The molecule has 0 saturated carbocycles. The van der Waals surface area contributed by atoms with Gasteiger partial charge in [0, 0.05) is 19.3 Å². The second-order valence-corrected chi connectivity index (χ2v) is 17.8.